The fourth-order valence-corrected chi connectivity index (χ4v) is 2.67. The molecule has 9 heteroatoms. The van der Waals surface area contributed by atoms with E-state index < -0.39 is 10.9 Å². The molecular weight excluding hydrogens is 368 g/mol. The van der Waals surface area contributed by atoms with Crippen molar-refractivity contribution in [3.8, 4) is 17.2 Å². The van der Waals surface area contributed by atoms with Crippen LogP contribution in [0.3, 0.4) is 0 Å². The van der Waals surface area contributed by atoms with Gasteiger partial charge in [0.05, 0.1) is 26.3 Å². The number of nitro groups is 1. The minimum Gasteiger partial charge on any atom is -0.493 e. The second-order valence-corrected chi connectivity index (χ2v) is 5.57. The highest BCUT2D eigenvalue weighted by molar-refractivity contribution is 6.13. The smallest absolute Gasteiger partial charge is 0.363 e. The Kier molecular flexibility index (Phi) is 5.25. The first-order chi connectivity index (χ1) is 13.5. The van der Waals surface area contributed by atoms with E-state index >= 15 is 0 Å². The molecule has 0 bridgehead atoms. The van der Waals surface area contributed by atoms with Crippen molar-refractivity contribution in [2.24, 2.45) is 4.99 Å². The maximum absolute atomic E-state index is 12.2. The van der Waals surface area contributed by atoms with Gasteiger partial charge in [-0.3, -0.25) is 10.1 Å². The number of carbonyl (C=O) groups excluding carboxylic acids is 1. The number of nitro benzene ring substituents is 1. The predicted octanol–water partition coefficient (Wildman–Crippen LogP) is 2.97. The van der Waals surface area contributed by atoms with E-state index in [1.807, 2.05) is 0 Å². The van der Waals surface area contributed by atoms with Gasteiger partial charge in [0.1, 0.15) is 0 Å². The molecule has 1 heterocycles. The van der Waals surface area contributed by atoms with Gasteiger partial charge in [0.2, 0.25) is 11.6 Å². The summed E-state index contributed by atoms with van der Waals surface area (Å²) in [7, 11) is 4.43. The molecule has 0 saturated carbocycles. The molecule has 0 aliphatic carbocycles. The lowest BCUT2D eigenvalue weighted by Crippen LogP contribution is -2.05. The Morgan fingerprint density at radius 3 is 2.46 bits per heavy atom. The Morgan fingerprint density at radius 1 is 1.07 bits per heavy atom. The minimum atomic E-state index is -0.682. The number of ether oxygens (including phenoxy) is 4. The van der Waals surface area contributed by atoms with E-state index in [4.69, 9.17) is 18.9 Å². The average molecular weight is 384 g/mol. The molecule has 1 aliphatic heterocycles. The lowest BCUT2D eigenvalue weighted by atomic mass is 10.1. The highest BCUT2D eigenvalue weighted by atomic mass is 16.6. The van der Waals surface area contributed by atoms with Gasteiger partial charge in [0.25, 0.3) is 5.69 Å². The van der Waals surface area contributed by atoms with Gasteiger partial charge in [-0.15, -0.1) is 0 Å². The summed E-state index contributed by atoms with van der Waals surface area (Å²) in [6.45, 7) is 0. The molecular formula is C19H16N2O7. The molecule has 1 aliphatic rings. The number of hydrogen-bond donors (Lipinski definition) is 0. The van der Waals surface area contributed by atoms with Crippen LogP contribution in [0.4, 0.5) is 5.69 Å². The first-order valence-electron chi connectivity index (χ1n) is 8.04. The Balaban J connectivity index is 2.03. The van der Waals surface area contributed by atoms with E-state index in [0.717, 1.165) is 0 Å². The lowest BCUT2D eigenvalue weighted by molar-refractivity contribution is -0.384. The lowest BCUT2D eigenvalue weighted by Gasteiger charge is -2.14. The molecule has 0 radical (unpaired) electrons. The van der Waals surface area contributed by atoms with Crippen LogP contribution in [-0.4, -0.2) is 38.1 Å². The maximum atomic E-state index is 12.2. The fraction of sp³-hybridized carbons (Fsp3) is 0.158. The third-order valence-corrected chi connectivity index (χ3v) is 3.95. The van der Waals surface area contributed by atoms with Crippen molar-refractivity contribution in [2.75, 3.05) is 21.3 Å². The normalized spacial score (nSPS) is 14.5. The highest BCUT2D eigenvalue weighted by Crippen LogP contribution is 2.40. The monoisotopic (exact) mass is 384 g/mol. The van der Waals surface area contributed by atoms with Gasteiger partial charge in [-0.25, -0.2) is 9.79 Å². The van der Waals surface area contributed by atoms with Gasteiger partial charge in [-0.2, -0.15) is 0 Å². The Hall–Kier alpha value is -3.88. The van der Waals surface area contributed by atoms with E-state index in [0.29, 0.717) is 28.4 Å². The molecule has 0 unspecified atom stereocenters. The molecule has 0 saturated heterocycles. The highest BCUT2D eigenvalue weighted by Gasteiger charge is 2.26. The van der Waals surface area contributed by atoms with Crippen LogP contribution in [0.1, 0.15) is 11.1 Å². The number of hydrogen-bond acceptors (Lipinski definition) is 8. The zero-order valence-corrected chi connectivity index (χ0v) is 15.3. The molecule has 28 heavy (non-hydrogen) atoms. The van der Waals surface area contributed by atoms with Crippen molar-refractivity contribution < 1.29 is 28.7 Å². The van der Waals surface area contributed by atoms with E-state index in [1.165, 1.54) is 45.6 Å². The fourth-order valence-electron chi connectivity index (χ4n) is 2.67. The molecule has 2 aromatic rings. The third-order valence-electron chi connectivity index (χ3n) is 3.95. The van der Waals surface area contributed by atoms with Gasteiger partial charge < -0.3 is 18.9 Å². The zero-order chi connectivity index (χ0) is 20.3. The molecule has 0 N–H and O–H groups in total. The first kappa shape index (κ1) is 18.9. The molecule has 3 rings (SSSR count). The number of non-ortho nitro benzene ring substituents is 1. The van der Waals surface area contributed by atoms with Crippen LogP contribution in [0.5, 0.6) is 17.2 Å². The number of methoxy groups -OCH3 is 3. The summed E-state index contributed by atoms with van der Waals surface area (Å²) in [6.07, 6.45) is 1.48. The van der Waals surface area contributed by atoms with E-state index in [9.17, 15) is 14.9 Å². The SMILES string of the molecule is COc1ccc(C=C2N=C(c3cccc([N+](=O)[O-])c3)OC2=O)c(OC)c1OC. The third kappa shape index (κ3) is 3.50. The quantitative estimate of drug-likeness (QED) is 0.326. The Morgan fingerprint density at radius 2 is 1.82 bits per heavy atom. The van der Waals surface area contributed by atoms with Crippen LogP contribution < -0.4 is 14.2 Å². The Labute approximate surface area is 160 Å². The summed E-state index contributed by atoms with van der Waals surface area (Å²) in [5, 5.41) is 10.9. The molecule has 0 atom stereocenters. The van der Waals surface area contributed by atoms with Crippen LogP contribution in [0.2, 0.25) is 0 Å². The van der Waals surface area contributed by atoms with Crippen LogP contribution in [0, 0.1) is 10.1 Å². The molecule has 9 nitrogen and oxygen atoms in total. The summed E-state index contributed by atoms with van der Waals surface area (Å²) in [5.74, 6) is 0.503. The van der Waals surface area contributed by atoms with Crippen LogP contribution in [0.25, 0.3) is 6.08 Å². The van der Waals surface area contributed by atoms with Crippen LogP contribution >= 0.6 is 0 Å². The van der Waals surface area contributed by atoms with Crippen molar-refractivity contribution in [3.63, 3.8) is 0 Å². The zero-order valence-electron chi connectivity index (χ0n) is 15.3. The maximum Gasteiger partial charge on any atom is 0.363 e. The van der Waals surface area contributed by atoms with Crippen molar-refractivity contribution in [1.29, 1.82) is 0 Å². The second kappa shape index (κ2) is 7.78. The number of benzene rings is 2. The number of nitrogens with zero attached hydrogens (tertiary/aromatic N) is 2. The number of esters is 1. The minimum absolute atomic E-state index is 0.0145. The second-order valence-electron chi connectivity index (χ2n) is 5.57. The topological polar surface area (TPSA) is 109 Å². The number of rotatable bonds is 6. The summed E-state index contributed by atoms with van der Waals surface area (Å²) < 4.78 is 21.1. The number of carbonyl (C=O) groups is 1. The summed E-state index contributed by atoms with van der Waals surface area (Å²) in [4.78, 5) is 26.8. The van der Waals surface area contributed by atoms with Gasteiger partial charge in [-0.1, -0.05) is 6.07 Å². The largest absolute Gasteiger partial charge is 0.493 e. The van der Waals surface area contributed by atoms with E-state index in [1.54, 1.807) is 18.2 Å². The van der Waals surface area contributed by atoms with E-state index in [2.05, 4.69) is 4.99 Å². The van der Waals surface area contributed by atoms with E-state index in [-0.39, 0.29) is 17.3 Å². The van der Waals surface area contributed by atoms with Crippen LogP contribution in [0.15, 0.2) is 47.1 Å². The van der Waals surface area contributed by atoms with Gasteiger partial charge in [-0.05, 0) is 24.3 Å². The summed E-state index contributed by atoms with van der Waals surface area (Å²) >= 11 is 0. The molecule has 0 amide bonds. The first-order valence-corrected chi connectivity index (χ1v) is 8.04. The van der Waals surface area contributed by atoms with Crippen molar-refractivity contribution in [2.45, 2.75) is 0 Å². The number of cyclic esters (lactones) is 1. The molecule has 0 aromatic heterocycles. The average Bonchev–Trinajstić information content (AvgIpc) is 3.07. The van der Waals surface area contributed by atoms with Gasteiger partial charge in [0, 0.05) is 23.3 Å². The molecule has 144 valence electrons. The van der Waals surface area contributed by atoms with Crippen molar-refractivity contribution in [3.05, 3.63) is 63.3 Å². The standard InChI is InChI=1S/C19H16N2O7/c1-25-15-8-7-11(16(26-2)17(15)27-3)10-14-19(22)28-18(20-14)12-5-4-6-13(9-12)21(23)24/h4-10H,1-3H3. The van der Waals surface area contributed by atoms with Gasteiger partial charge in [0.15, 0.2) is 17.2 Å². The van der Waals surface area contributed by atoms with Crippen molar-refractivity contribution >= 4 is 23.6 Å². The molecule has 2 aromatic carbocycles. The Bertz CT molecular complexity index is 1010. The molecule has 0 fully saturated rings. The summed E-state index contributed by atoms with van der Waals surface area (Å²) in [5.41, 5.74) is 0.739. The summed E-state index contributed by atoms with van der Waals surface area (Å²) in [6, 6.07) is 9.03. The van der Waals surface area contributed by atoms with Gasteiger partial charge >= 0.3 is 5.97 Å². The predicted molar refractivity (Wildman–Crippen MR) is 99.8 cm³/mol. The number of aliphatic imine (C=N–C) groups is 1. The van der Waals surface area contributed by atoms with Crippen LogP contribution in [-0.2, 0) is 9.53 Å². The molecule has 0 spiro atoms. The van der Waals surface area contributed by atoms with Crippen molar-refractivity contribution in [1.82, 2.24) is 0 Å².